The van der Waals surface area contributed by atoms with Gasteiger partial charge < -0.3 is 10.2 Å². The van der Waals surface area contributed by atoms with Crippen molar-refractivity contribution in [2.75, 3.05) is 19.6 Å². The number of carbonyl (C=O) groups is 1. The molecule has 0 aliphatic carbocycles. The maximum atomic E-state index is 12.4. The van der Waals surface area contributed by atoms with Gasteiger partial charge in [-0.05, 0) is 57.5 Å². The highest BCUT2D eigenvalue weighted by molar-refractivity contribution is 5.77. The maximum Gasteiger partial charge on any atom is 0.223 e. The van der Waals surface area contributed by atoms with Crippen LogP contribution in [0.1, 0.15) is 52.4 Å². The average Bonchev–Trinajstić information content (AvgIpc) is 2.40. The Hall–Kier alpha value is -0.570. The smallest absolute Gasteiger partial charge is 0.223 e. The lowest BCUT2D eigenvalue weighted by molar-refractivity contribution is -0.136. The fraction of sp³-hybridized carbons (Fsp3) is 0.933. The first-order chi connectivity index (χ1) is 8.70. The van der Waals surface area contributed by atoms with E-state index in [1.807, 2.05) is 0 Å². The van der Waals surface area contributed by atoms with Gasteiger partial charge in [0.05, 0.1) is 0 Å². The van der Waals surface area contributed by atoms with E-state index in [4.69, 9.17) is 0 Å². The summed E-state index contributed by atoms with van der Waals surface area (Å²) in [4.78, 5) is 14.6. The molecule has 0 spiro atoms. The van der Waals surface area contributed by atoms with Gasteiger partial charge >= 0.3 is 0 Å². The van der Waals surface area contributed by atoms with Gasteiger partial charge in [0.25, 0.3) is 0 Å². The van der Waals surface area contributed by atoms with Crippen molar-refractivity contribution in [1.82, 2.24) is 10.2 Å². The van der Waals surface area contributed by atoms with Crippen LogP contribution in [0, 0.1) is 11.8 Å². The van der Waals surface area contributed by atoms with Gasteiger partial charge in [0.2, 0.25) is 5.91 Å². The van der Waals surface area contributed by atoms with Gasteiger partial charge in [-0.3, -0.25) is 4.79 Å². The largest absolute Gasteiger partial charge is 0.340 e. The number of piperidine rings is 2. The minimum absolute atomic E-state index is 0.398. The topological polar surface area (TPSA) is 32.3 Å². The Kier molecular flexibility index (Phi) is 5.04. The highest BCUT2D eigenvalue weighted by Crippen LogP contribution is 2.26. The van der Waals surface area contributed by atoms with Crippen LogP contribution in [0.5, 0.6) is 0 Å². The number of likely N-dealkylation sites (tertiary alicyclic amines) is 1. The van der Waals surface area contributed by atoms with E-state index in [1.165, 1.54) is 32.1 Å². The average molecular weight is 252 g/mol. The zero-order valence-corrected chi connectivity index (χ0v) is 12.0. The first kappa shape index (κ1) is 13.9. The van der Waals surface area contributed by atoms with E-state index in [2.05, 4.69) is 24.1 Å². The molecule has 2 aliphatic rings. The van der Waals surface area contributed by atoms with Crippen molar-refractivity contribution in [3.8, 4) is 0 Å². The first-order valence-electron chi connectivity index (χ1n) is 7.71. The van der Waals surface area contributed by atoms with E-state index in [-0.39, 0.29) is 0 Å². The number of carbonyl (C=O) groups excluding carboxylic acids is 1. The lowest BCUT2D eigenvalue weighted by Gasteiger charge is -2.38. The van der Waals surface area contributed by atoms with E-state index in [1.54, 1.807) is 0 Å². The fourth-order valence-electron chi connectivity index (χ4n) is 3.33. The van der Waals surface area contributed by atoms with Crippen molar-refractivity contribution < 1.29 is 4.79 Å². The Bertz CT molecular complexity index is 274. The highest BCUT2D eigenvalue weighted by atomic mass is 16.2. The molecule has 3 atom stereocenters. The normalized spacial score (nSPS) is 33.4. The Morgan fingerprint density at radius 1 is 1.28 bits per heavy atom. The second-order valence-corrected chi connectivity index (χ2v) is 6.16. The zero-order valence-electron chi connectivity index (χ0n) is 12.0. The molecule has 0 aromatic heterocycles. The van der Waals surface area contributed by atoms with Gasteiger partial charge in [0.1, 0.15) is 0 Å². The quantitative estimate of drug-likeness (QED) is 0.836. The molecule has 2 fully saturated rings. The van der Waals surface area contributed by atoms with Crippen LogP contribution in [-0.4, -0.2) is 36.5 Å². The van der Waals surface area contributed by atoms with Gasteiger partial charge in [0.15, 0.2) is 0 Å². The summed E-state index contributed by atoms with van der Waals surface area (Å²) in [6.45, 7) is 7.61. The fourth-order valence-corrected chi connectivity index (χ4v) is 3.33. The number of hydrogen-bond donors (Lipinski definition) is 1. The third kappa shape index (κ3) is 3.47. The molecular weight excluding hydrogens is 224 g/mol. The predicted molar refractivity (Wildman–Crippen MR) is 74.4 cm³/mol. The molecule has 2 saturated heterocycles. The Morgan fingerprint density at radius 3 is 2.78 bits per heavy atom. The van der Waals surface area contributed by atoms with Crippen molar-refractivity contribution >= 4 is 5.91 Å². The van der Waals surface area contributed by atoms with Crippen molar-refractivity contribution in [3.05, 3.63) is 0 Å². The molecule has 0 radical (unpaired) electrons. The molecule has 2 heterocycles. The molecule has 0 aromatic carbocycles. The molecule has 0 aromatic rings. The molecule has 3 nitrogen and oxygen atoms in total. The SMILES string of the molecule is CCC1CCC(C)N(C(=O)CC2CCCNC2)C1. The molecule has 2 aliphatic heterocycles. The molecular formula is C15H28N2O. The van der Waals surface area contributed by atoms with Crippen molar-refractivity contribution in [1.29, 1.82) is 0 Å². The molecule has 0 saturated carbocycles. The summed E-state index contributed by atoms with van der Waals surface area (Å²) in [7, 11) is 0. The van der Waals surface area contributed by atoms with E-state index < -0.39 is 0 Å². The van der Waals surface area contributed by atoms with Crippen LogP contribution in [0.25, 0.3) is 0 Å². The van der Waals surface area contributed by atoms with E-state index >= 15 is 0 Å². The molecule has 0 bridgehead atoms. The molecule has 18 heavy (non-hydrogen) atoms. The Balaban J connectivity index is 1.85. The van der Waals surface area contributed by atoms with E-state index in [0.717, 1.165) is 32.0 Å². The monoisotopic (exact) mass is 252 g/mol. The summed E-state index contributed by atoms with van der Waals surface area (Å²) >= 11 is 0. The summed E-state index contributed by atoms with van der Waals surface area (Å²) in [6, 6.07) is 0.455. The molecule has 3 unspecified atom stereocenters. The molecule has 1 N–H and O–H groups in total. The first-order valence-corrected chi connectivity index (χ1v) is 7.71. The summed E-state index contributed by atoms with van der Waals surface area (Å²) in [5.41, 5.74) is 0. The predicted octanol–water partition coefficient (Wildman–Crippen LogP) is 2.41. The van der Waals surface area contributed by atoms with Gasteiger partial charge in [-0.1, -0.05) is 13.3 Å². The third-order valence-electron chi connectivity index (χ3n) is 4.74. The lowest BCUT2D eigenvalue weighted by atomic mass is 9.90. The van der Waals surface area contributed by atoms with Crippen molar-refractivity contribution in [2.45, 2.75) is 58.4 Å². The summed E-state index contributed by atoms with van der Waals surface area (Å²) in [5, 5.41) is 3.40. The number of amides is 1. The van der Waals surface area contributed by atoms with Gasteiger partial charge in [-0.15, -0.1) is 0 Å². The van der Waals surface area contributed by atoms with Crippen LogP contribution in [0.3, 0.4) is 0 Å². The number of hydrogen-bond acceptors (Lipinski definition) is 2. The zero-order chi connectivity index (χ0) is 13.0. The standard InChI is InChI=1S/C15H28N2O/c1-3-13-7-6-12(2)17(11-13)15(18)9-14-5-4-8-16-10-14/h12-14,16H,3-11H2,1-2H3. The molecule has 2 rings (SSSR count). The van der Waals surface area contributed by atoms with Gasteiger partial charge in [0, 0.05) is 19.0 Å². The Labute approximate surface area is 111 Å². The highest BCUT2D eigenvalue weighted by Gasteiger charge is 2.29. The number of nitrogens with one attached hydrogen (secondary N) is 1. The number of nitrogens with zero attached hydrogens (tertiary/aromatic N) is 1. The Morgan fingerprint density at radius 2 is 2.11 bits per heavy atom. The second kappa shape index (κ2) is 6.55. The van der Waals surface area contributed by atoms with Gasteiger partial charge in [-0.2, -0.15) is 0 Å². The van der Waals surface area contributed by atoms with Crippen LogP contribution in [0.2, 0.25) is 0 Å². The van der Waals surface area contributed by atoms with Crippen LogP contribution in [0.15, 0.2) is 0 Å². The van der Waals surface area contributed by atoms with Gasteiger partial charge in [-0.25, -0.2) is 0 Å². The van der Waals surface area contributed by atoms with Crippen LogP contribution >= 0.6 is 0 Å². The minimum atomic E-state index is 0.398. The van der Waals surface area contributed by atoms with Crippen molar-refractivity contribution in [2.24, 2.45) is 11.8 Å². The van der Waals surface area contributed by atoms with Crippen LogP contribution in [0.4, 0.5) is 0 Å². The minimum Gasteiger partial charge on any atom is -0.340 e. The summed E-state index contributed by atoms with van der Waals surface area (Å²) < 4.78 is 0. The number of rotatable bonds is 3. The second-order valence-electron chi connectivity index (χ2n) is 6.16. The summed E-state index contributed by atoms with van der Waals surface area (Å²) in [6.07, 6.45) is 6.90. The van der Waals surface area contributed by atoms with Crippen LogP contribution in [-0.2, 0) is 4.79 Å². The third-order valence-corrected chi connectivity index (χ3v) is 4.74. The van der Waals surface area contributed by atoms with Crippen LogP contribution < -0.4 is 5.32 Å². The lowest BCUT2D eigenvalue weighted by Crippen LogP contribution is -2.46. The summed E-state index contributed by atoms with van der Waals surface area (Å²) in [5.74, 6) is 1.70. The molecule has 1 amide bonds. The van der Waals surface area contributed by atoms with Crippen molar-refractivity contribution in [3.63, 3.8) is 0 Å². The van der Waals surface area contributed by atoms with E-state index in [9.17, 15) is 4.79 Å². The van der Waals surface area contributed by atoms with E-state index in [0.29, 0.717) is 17.9 Å². The molecule has 104 valence electrons. The maximum absolute atomic E-state index is 12.4. The molecule has 3 heteroatoms.